The molecule has 1 amide bonds. The monoisotopic (exact) mass is 220 g/mol. The number of carbonyl (C=O) groups excluding carboxylic acids is 1. The molecule has 0 fully saturated rings. The number of hydrogen-bond donors (Lipinski definition) is 2. The molecule has 1 unspecified atom stereocenters. The van der Waals surface area contributed by atoms with Crippen LogP contribution in [0.1, 0.15) is 30.1 Å². The van der Waals surface area contributed by atoms with Gasteiger partial charge in [-0.05, 0) is 31.0 Å². The van der Waals surface area contributed by atoms with Crippen LogP contribution in [0.2, 0.25) is 0 Å². The number of nitrogens with two attached hydrogens (primary N) is 1. The zero-order chi connectivity index (χ0) is 11.8. The summed E-state index contributed by atoms with van der Waals surface area (Å²) in [4.78, 5) is 11.7. The van der Waals surface area contributed by atoms with Gasteiger partial charge in [-0.15, -0.1) is 0 Å². The summed E-state index contributed by atoms with van der Waals surface area (Å²) in [5.41, 5.74) is 6.22. The molecule has 0 saturated heterocycles. The van der Waals surface area contributed by atoms with Gasteiger partial charge in [0.25, 0.3) is 5.91 Å². The Labute approximate surface area is 97.0 Å². The zero-order valence-corrected chi connectivity index (χ0v) is 9.78. The second-order valence-electron chi connectivity index (χ2n) is 3.93. The average molecular weight is 220 g/mol. The van der Waals surface area contributed by atoms with Gasteiger partial charge in [0.05, 0.1) is 0 Å². The quantitative estimate of drug-likeness (QED) is 0.768. The van der Waals surface area contributed by atoms with Gasteiger partial charge in [0, 0.05) is 12.1 Å². The Kier molecular flexibility index (Phi) is 5.57. The maximum Gasteiger partial charge on any atom is 0.251 e. The number of benzene rings is 1. The van der Waals surface area contributed by atoms with Crippen molar-refractivity contribution in [3.63, 3.8) is 0 Å². The summed E-state index contributed by atoms with van der Waals surface area (Å²) in [6.07, 6.45) is 2.01. The van der Waals surface area contributed by atoms with Gasteiger partial charge < -0.3 is 11.1 Å². The summed E-state index contributed by atoms with van der Waals surface area (Å²) in [5.74, 6) is 0.480. The number of nitrogens with one attached hydrogen (secondary N) is 1. The molecule has 0 saturated carbocycles. The molecule has 1 aromatic carbocycles. The third-order valence-electron chi connectivity index (χ3n) is 2.74. The smallest absolute Gasteiger partial charge is 0.251 e. The first-order chi connectivity index (χ1) is 7.77. The molecule has 1 atom stereocenters. The predicted molar refractivity (Wildman–Crippen MR) is 66.2 cm³/mol. The highest BCUT2D eigenvalue weighted by atomic mass is 16.1. The highest BCUT2D eigenvalue weighted by molar-refractivity contribution is 5.94. The molecule has 0 aliphatic rings. The van der Waals surface area contributed by atoms with Crippen molar-refractivity contribution >= 4 is 5.91 Å². The van der Waals surface area contributed by atoms with Gasteiger partial charge in [0.1, 0.15) is 0 Å². The molecule has 0 heterocycles. The maximum absolute atomic E-state index is 11.7. The lowest BCUT2D eigenvalue weighted by Gasteiger charge is -2.14. The standard InChI is InChI=1S/C13H20N2O/c1-2-11(8-9-14)10-15-13(16)12-6-4-3-5-7-12/h3-7,11H,2,8-10,14H2,1H3,(H,15,16). The Morgan fingerprint density at radius 1 is 1.38 bits per heavy atom. The topological polar surface area (TPSA) is 55.1 Å². The number of amides is 1. The van der Waals surface area contributed by atoms with Crippen molar-refractivity contribution in [2.24, 2.45) is 11.7 Å². The highest BCUT2D eigenvalue weighted by Crippen LogP contribution is 2.06. The zero-order valence-electron chi connectivity index (χ0n) is 9.78. The number of rotatable bonds is 6. The minimum Gasteiger partial charge on any atom is -0.352 e. The SMILES string of the molecule is CCC(CCN)CNC(=O)c1ccccc1. The normalized spacial score (nSPS) is 12.1. The summed E-state index contributed by atoms with van der Waals surface area (Å²) in [6.45, 7) is 3.51. The summed E-state index contributed by atoms with van der Waals surface area (Å²) in [7, 11) is 0. The van der Waals surface area contributed by atoms with Crippen LogP contribution in [-0.2, 0) is 0 Å². The van der Waals surface area contributed by atoms with Crippen molar-refractivity contribution in [2.45, 2.75) is 19.8 Å². The molecule has 1 rings (SSSR count). The van der Waals surface area contributed by atoms with Crippen molar-refractivity contribution in [2.75, 3.05) is 13.1 Å². The van der Waals surface area contributed by atoms with E-state index in [9.17, 15) is 4.79 Å². The molecule has 0 bridgehead atoms. The second kappa shape index (κ2) is 7.01. The fourth-order valence-corrected chi connectivity index (χ4v) is 1.61. The van der Waals surface area contributed by atoms with Gasteiger partial charge in [0.15, 0.2) is 0 Å². The van der Waals surface area contributed by atoms with Crippen LogP contribution >= 0.6 is 0 Å². The van der Waals surface area contributed by atoms with Crippen LogP contribution in [0.4, 0.5) is 0 Å². The van der Waals surface area contributed by atoms with Gasteiger partial charge in [-0.1, -0.05) is 31.5 Å². The Bertz CT molecular complexity index is 311. The van der Waals surface area contributed by atoms with Crippen molar-refractivity contribution < 1.29 is 4.79 Å². The molecule has 1 aromatic rings. The second-order valence-corrected chi connectivity index (χ2v) is 3.93. The Hall–Kier alpha value is -1.35. The van der Waals surface area contributed by atoms with Crippen LogP contribution in [0.5, 0.6) is 0 Å². The lowest BCUT2D eigenvalue weighted by atomic mass is 10.0. The largest absolute Gasteiger partial charge is 0.352 e. The van der Waals surface area contributed by atoms with E-state index in [0.717, 1.165) is 12.8 Å². The van der Waals surface area contributed by atoms with E-state index in [0.29, 0.717) is 24.6 Å². The van der Waals surface area contributed by atoms with Crippen molar-refractivity contribution in [1.29, 1.82) is 0 Å². The molecular formula is C13H20N2O. The van der Waals surface area contributed by atoms with E-state index in [4.69, 9.17) is 5.73 Å². The first-order valence-electron chi connectivity index (χ1n) is 5.81. The van der Waals surface area contributed by atoms with E-state index in [2.05, 4.69) is 12.2 Å². The Morgan fingerprint density at radius 3 is 2.62 bits per heavy atom. The van der Waals surface area contributed by atoms with Crippen LogP contribution in [0.3, 0.4) is 0 Å². The molecule has 3 nitrogen and oxygen atoms in total. The van der Waals surface area contributed by atoms with Gasteiger partial charge in [-0.2, -0.15) is 0 Å². The molecule has 0 aliphatic heterocycles. The highest BCUT2D eigenvalue weighted by Gasteiger charge is 2.08. The molecule has 0 aromatic heterocycles. The van der Waals surface area contributed by atoms with Gasteiger partial charge >= 0.3 is 0 Å². The Morgan fingerprint density at radius 2 is 2.06 bits per heavy atom. The Balaban J connectivity index is 2.40. The number of hydrogen-bond acceptors (Lipinski definition) is 2. The minimum atomic E-state index is -0.00364. The van der Waals surface area contributed by atoms with E-state index in [1.54, 1.807) is 0 Å². The summed E-state index contributed by atoms with van der Waals surface area (Å²) in [6, 6.07) is 9.27. The van der Waals surface area contributed by atoms with E-state index < -0.39 is 0 Å². The lowest BCUT2D eigenvalue weighted by Crippen LogP contribution is -2.30. The molecule has 0 spiro atoms. The summed E-state index contributed by atoms with van der Waals surface area (Å²) >= 11 is 0. The van der Waals surface area contributed by atoms with E-state index >= 15 is 0 Å². The fourth-order valence-electron chi connectivity index (χ4n) is 1.61. The first kappa shape index (κ1) is 12.7. The van der Waals surface area contributed by atoms with Gasteiger partial charge in [-0.25, -0.2) is 0 Å². The van der Waals surface area contributed by atoms with Crippen molar-refractivity contribution in [1.82, 2.24) is 5.32 Å². The molecule has 0 radical (unpaired) electrons. The minimum absolute atomic E-state index is 0.00364. The molecular weight excluding hydrogens is 200 g/mol. The van der Waals surface area contributed by atoms with Gasteiger partial charge in [0.2, 0.25) is 0 Å². The molecule has 16 heavy (non-hydrogen) atoms. The van der Waals surface area contributed by atoms with Crippen LogP contribution in [0.25, 0.3) is 0 Å². The lowest BCUT2D eigenvalue weighted by molar-refractivity contribution is 0.0946. The molecule has 3 heteroatoms. The number of carbonyl (C=O) groups is 1. The third-order valence-corrected chi connectivity index (χ3v) is 2.74. The predicted octanol–water partition coefficient (Wildman–Crippen LogP) is 1.79. The van der Waals surface area contributed by atoms with Gasteiger partial charge in [-0.3, -0.25) is 4.79 Å². The molecule has 0 aliphatic carbocycles. The van der Waals surface area contributed by atoms with Crippen LogP contribution in [0, 0.1) is 5.92 Å². The molecule has 3 N–H and O–H groups in total. The van der Waals surface area contributed by atoms with Crippen LogP contribution in [0.15, 0.2) is 30.3 Å². The first-order valence-corrected chi connectivity index (χ1v) is 5.81. The van der Waals surface area contributed by atoms with E-state index in [1.807, 2.05) is 30.3 Å². The summed E-state index contributed by atoms with van der Waals surface area (Å²) < 4.78 is 0. The van der Waals surface area contributed by atoms with Crippen molar-refractivity contribution in [3.05, 3.63) is 35.9 Å². The fraction of sp³-hybridized carbons (Fsp3) is 0.462. The van der Waals surface area contributed by atoms with Crippen molar-refractivity contribution in [3.8, 4) is 0 Å². The third kappa shape index (κ3) is 4.03. The summed E-state index contributed by atoms with van der Waals surface area (Å²) in [5, 5.41) is 2.94. The van der Waals surface area contributed by atoms with Crippen LogP contribution < -0.4 is 11.1 Å². The van der Waals surface area contributed by atoms with E-state index in [1.165, 1.54) is 0 Å². The van der Waals surface area contributed by atoms with Crippen LogP contribution in [-0.4, -0.2) is 19.0 Å². The maximum atomic E-state index is 11.7. The average Bonchev–Trinajstić information content (AvgIpc) is 2.35. The molecule has 88 valence electrons. The van der Waals surface area contributed by atoms with E-state index in [-0.39, 0.29) is 5.91 Å².